The van der Waals surface area contributed by atoms with E-state index in [0.717, 1.165) is 63.9 Å². The molecule has 0 unspecified atom stereocenters. The lowest BCUT2D eigenvalue weighted by molar-refractivity contribution is 1.58. The van der Waals surface area contributed by atoms with Gasteiger partial charge in [0.05, 0.1) is 0 Å². The van der Waals surface area contributed by atoms with E-state index in [2.05, 4.69) is 335 Å². The second kappa shape index (κ2) is 21.1. The number of halogens is 2. The fourth-order valence-corrected chi connectivity index (χ4v) is 12.9. The minimum absolute atomic E-state index is 0.900. The van der Waals surface area contributed by atoms with E-state index < -0.39 is 0 Å². The van der Waals surface area contributed by atoms with Crippen molar-refractivity contribution in [2.75, 3.05) is 0 Å². The van der Waals surface area contributed by atoms with Crippen LogP contribution in [0.1, 0.15) is 11.1 Å². The Morgan fingerprint density at radius 1 is 0.188 bits per heavy atom. The van der Waals surface area contributed by atoms with Crippen molar-refractivity contribution in [2.24, 2.45) is 0 Å². The molecule has 0 aromatic heterocycles. The fourth-order valence-electron chi connectivity index (χ4n) is 12.0. The molecule has 374 valence electrons. The minimum atomic E-state index is 0.900. The molecule has 0 N–H and O–H groups in total. The molecule has 0 spiro atoms. The van der Waals surface area contributed by atoms with Gasteiger partial charge in [0.2, 0.25) is 0 Å². The molecule has 2 heteroatoms. The number of hydrogen-bond donors (Lipinski definition) is 0. The summed E-state index contributed by atoms with van der Waals surface area (Å²) >= 11 is 8.27. The smallest absolute Gasteiger partial charge is 0.0397 e. The third-order valence-electron chi connectivity index (χ3n) is 15.6. The predicted molar refractivity (Wildman–Crippen MR) is 348 cm³/mol. The summed E-state index contributed by atoms with van der Waals surface area (Å²) in [5.41, 5.74) is 20.6. The average molecular weight is 1150 g/mol. The van der Waals surface area contributed by atoms with Crippen molar-refractivity contribution >= 4 is 74.9 Å². The van der Waals surface area contributed by atoms with Gasteiger partial charge in [-0.25, -0.2) is 0 Å². The molecule has 0 amide bonds. The largest absolute Gasteiger partial charge is 0.0622 e. The van der Waals surface area contributed by atoms with Crippen molar-refractivity contribution in [1.82, 2.24) is 0 Å². The molecule has 0 nitrogen and oxygen atoms in total. The van der Waals surface area contributed by atoms with Gasteiger partial charge < -0.3 is 0 Å². The van der Waals surface area contributed by atoms with Crippen LogP contribution in [-0.4, -0.2) is 0 Å². The first kappa shape index (κ1) is 49.0. The van der Waals surface area contributed by atoms with Crippen LogP contribution in [0.5, 0.6) is 0 Å². The van der Waals surface area contributed by atoms with E-state index in [-0.39, 0.29) is 0 Å². The zero-order valence-corrected chi connectivity index (χ0v) is 46.6. The van der Waals surface area contributed by atoms with Crippen LogP contribution in [0.4, 0.5) is 0 Å². The van der Waals surface area contributed by atoms with Gasteiger partial charge in [0, 0.05) is 20.1 Å². The molecule has 0 aliphatic heterocycles. The average Bonchev–Trinajstić information content (AvgIpc) is 3.64. The minimum Gasteiger partial charge on any atom is -0.0622 e. The summed E-state index contributed by atoms with van der Waals surface area (Å²) in [6, 6.07) is 106. The van der Waals surface area contributed by atoms with E-state index in [1.807, 2.05) is 0 Å². The first-order valence-corrected chi connectivity index (χ1v) is 28.6. The molecule has 0 fully saturated rings. The normalized spacial score (nSPS) is 11.3. The summed E-state index contributed by atoms with van der Waals surface area (Å²) in [6.45, 7) is 0. The van der Waals surface area contributed by atoms with E-state index in [4.69, 9.17) is 0 Å². The van der Waals surface area contributed by atoms with E-state index >= 15 is 0 Å². The highest BCUT2D eigenvalue weighted by Gasteiger charge is 2.24. The summed E-state index contributed by atoms with van der Waals surface area (Å²) < 4.78 is 1.86. The van der Waals surface area contributed by atoms with Crippen LogP contribution >= 0.6 is 31.9 Å². The van der Waals surface area contributed by atoms with Crippen LogP contribution < -0.4 is 0 Å². The molecule has 0 bridgehead atoms. The Bertz CT molecular complexity index is 4400. The van der Waals surface area contributed by atoms with Crippen LogP contribution in [0.15, 0.2) is 300 Å². The van der Waals surface area contributed by atoms with E-state index in [0.29, 0.717) is 0 Å². The van der Waals surface area contributed by atoms with Crippen LogP contribution in [0.2, 0.25) is 0 Å². The van der Waals surface area contributed by atoms with Gasteiger partial charge in [-0.15, -0.1) is 0 Å². The molecule has 80 heavy (non-hydrogen) atoms. The Hall–Kier alpha value is -9.36. The van der Waals surface area contributed by atoms with Crippen molar-refractivity contribution in [3.63, 3.8) is 0 Å². The Labute approximate surface area is 483 Å². The second-order valence-electron chi connectivity index (χ2n) is 20.3. The molecule has 14 aromatic carbocycles. The molecule has 0 aliphatic rings. The Morgan fingerprint density at radius 2 is 0.362 bits per heavy atom. The molecule has 14 rings (SSSR count). The number of benzene rings is 14. The number of fused-ring (bicyclic) bond motifs is 4. The van der Waals surface area contributed by atoms with Crippen molar-refractivity contribution in [3.05, 3.63) is 311 Å². The molecule has 0 saturated heterocycles. The Balaban J connectivity index is 1.05. The molecule has 14 aromatic rings. The topological polar surface area (TPSA) is 0 Å². The number of rotatable bonds is 8. The number of hydrogen-bond acceptors (Lipinski definition) is 0. The zero-order valence-electron chi connectivity index (χ0n) is 43.5. The fraction of sp³-hybridized carbons (Fsp3) is 0. The SMILES string of the molecule is Brc1cc2c(-c3ccccc3)c3cc(-c4ccccc4)c(-c4ccccc4)cc3c(-c3ccccc3)c2cc1C#Cc1cc2c(-c3ccccc3)c3cc(-c4ccccc4)c(-c4ccccc4)cc3c(-c3ccccc3)c2cc1Br. The molecule has 0 aliphatic carbocycles. The molecule has 0 saturated carbocycles. The van der Waals surface area contributed by atoms with Crippen molar-refractivity contribution in [3.8, 4) is 101 Å². The van der Waals surface area contributed by atoms with Gasteiger partial charge in [0.1, 0.15) is 0 Å². The predicted octanol–water partition coefficient (Wildman–Crippen LogP) is 22.6. The quantitative estimate of drug-likeness (QED) is 0.105. The monoisotopic (exact) mass is 1140 g/mol. The summed E-state index contributed by atoms with van der Waals surface area (Å²) in [7, 11) is 0. The third-order valence-corrected chi connectivity index (χ3v) is 16.9. The first-order chi connectivity index (χ1) is 39.5. The maximum atomic E-state index is 4.13. The van der Waals surface area contributed by atoms with Gasteiger partial charge in [-0.3, -0.25) is 0 Å². The van der Waals surface area contributed by atoms with Gasteiger partial charge in [-0.1, -0.05) is 254 Å². The first-order valence-electron chi connectivity index (χ1n) is 27.0. The van der Waals surface area contributed by atoms with Crippen LogP contribution in [-0.2, 0) is 0 Å². The van der Waals surface area contributed by atoms with E-state index in [1.54, 1.807) is 0 Å². The summed E-state index contributed by atoms with van der Waals surface area (Å²) in [5, 5.41) is 9.31. The second-order valence-corrected chi connectivity index (χ2v) is 22.0. The third kappa shape index (κ3) is 8.92. The van der Waals surface area contributed by atoms with Gasteiger partial charge >= 0.3 is 0 Å². The van der Waals surface area contributed by atoms with Gasteiger partial charge in [-0.05, 0) is 212 Å². The Morgan fingerprint density at radius 3 is 0.575 bits per heavy atom. The van der Waals surface area contributed by atoms with Gasteiger partial charge in [-0.2, -0.15) is 0 Å². The highest BCUT2D eigenvalue weighted by molar-refractivity contribution is 9.10. The van der Waals surface area contributed by atoms with Crippen LogP contribution in [0, 0.1) is 11.8 Å². The standard InChI is InChI=1S/C78H48Br2/c79-73-49-71-65(75(55-33-17-5-18-34-55)67-45-61(51-25-9-1-10-26-51)63(53-29-13-3-14-30-53)47-69(67)77(71)57-37-21-7-22-38-57)43-59(73)41-42-60-44-66-72(50-74(60)80)78(58-39-23-8-24-40-58)70-48-64(54-31-15-4-16-32-54)62(52-27-11-2-12-28-52)46-68(70)76(66)56-35-19-6-20-36-56/h1-40,43-50H. The molecule has 0 radical (unpaired) electrons. The lowest BCUT2D eigenvalue weighted by Crippen LogP contribution is -1.95. The summed E-state index contributed by atoms with van der Waals surface area (Å²) in [6.07, 6.45) is 0. The van der Waals surface area contributed by atoms with Gasteiger partial charge in [0.15, 0.2) is 0 Å². The molecule has 0 atom stereocenters. The molecular weight excluding hydrogens is 1100 g/mol. The van der Waals surface area contributed by atoms with Gasteiger partial charge in [0.25, 0.3) is 0 Å². The van der Waals surface area contributed by atoms with E-state index in [9.17, 15) is 0 Å². The maximum Gasteiger partial charge on any atom is 0.0397 e. The summed E-state index contributed by atoms with van der Waals surface area (Å²) in [5.74, 6) is 7.51. The van der Waals surface area contributed by atoms with E-state index in [1.165, 1.54) is 88.3 Å². The van der Waals surface area contributed by atoms with Crippen molar-refractivity contribution in [2.45, 2.75) is 0 Å². The molecule has 0 heterocycles. The molecular formula is C78H48Br2. The highest BCUT2D eigenvalue weighted by Crippen LogP contribution is 2.51. The van der Waals surface area contributed by atoms with Crippen LogP contribution in [0.25, 0.3) is 132 Å². The van der Waals surface area contributed by atoms with Crippen molar-refractivity contribution < 1.29 is 0 Å². The van der Waals surface area contributed by atoms with Crippen molar-refractivity contribution in [1.29, 1.82) is 0 Å². The Kier molecular flexibility index (Phi) is 12.9. The maximum absolute atomic E-state index is 4.13. The highest BCUT2D eigenvalue weighted by atomic mass is 79.9. The summed E-state index contributed by atoms with van der Waals surface area (Å²) in [4.78, 5) is 0. The van der Waals surface area contributed by atoms with Crippen LogP contribution in [0.3, 0.4) is 0 Å². The lowest BCUT2D eigenvalue weighted by atomic mass is 9.82. The lowest BCUT2D eigenvalue weighted by Gasteiger charge is -2.22. The zero-order chi connectivity index (χ0) is 53.5.